The van der Waals surface area contributed by atoms with E-state index in [-0.39, 0.29) is 18.2 Å². The smallest absolute Gasteiger partial charge is 0.253 e. The molecule has 0 fully saturated rings. The van der Waals surface area contributed by atoms with Crippen LogP contribution in [-0.2, 0) is 11.3 Å². The largest absolute Gasteiger partial charge is 0.345 e. The maximum absolute atomic E-state index is 12.9. The van der Waals surface area contributed by atoms with Crippen LogP contribution in [0.25, 0.3) is 0 Å². The van der Waals surface area contributed by atoms with E-state index < -0.39 is 6.04 Å². The molecule has 0 aliphatic carbocycles. The first-order valence-electron chi connectivity index (χ1n) is 9.02. The van der Waals surface area contributed by atoms with Crippen LogP contribution in [0.4, 0.5) is 0 Å². The van der Waals surface area contributed by atoms with E-state index in [0.29, 0.717) is 17.1 Å². The lowest BCUT2D eigenvalue weighted by molar-refractivity contribution is -0.130. The maximum Gasteiger partial charge on any atom is 0.253 e. The number of hydrogen-bond donors (Lipinski definition) is 1. The van der Waals surface area contributed by atoms with E-state index in [9.17, 15) is 9.59 Å². The molecular weight excluding hydrogens is 472 g/mol. The van der Waals surface area contributed by atoms with Crippen LogP contribution in [0.5, 0.6) is 0 Å². The van der Waals surface area contributed by atoms with Gasteiger partial charge in [0.25, 0.3) is 5.91 Å². The van der Waals surface area contributed by atoms with Crippen LogP contribution < -0.4 is 5.32 Å². The number of carbonyl (C=O) groups is 2. The predicted octanol–water partition coefficient (Wildman–Crippen LogP) is 5.68. The number of rotatable bonds is 7. The van der Waals surface area contributed by atoms with Gasteiger partial charge in [-0.3, -0.25) is 9.59 Å². The van der Waals surface area contributed by atoms with E-state index in [1.54, 1.807) is 47.5 Å². The first kappa shape index (κ1) is 21.6. The molecule has 150 valence electrons. The first-order valence-corrected chi connectivity index (χ1v) is 11.0. The van der Waals surface area contributed by atoms with Crippen LogP contribution in [0.1, 0.15) is 33.3 Å². The lowest BCUT2D eigenvalue weighted by Crippen LogP contribution is -2.34. The second-order valence-electron chi connectivity index (χ2n) is 6.58. The van der Waals surface area contributed by atoms with Gasteiger partial charge in [0.1, 0.15) is 0 Å². The van der Waals surface area contributed by atoms with E-state index in [1.807, 2.05) is 42.5 Å². The number of nitrogens with one attached hydrogen (secondary N) is 1. The molecule has 0 bridgehead atoms. The summed E-state index contributed by atoms with van der Waals surface area (Å²) in [4.78, 5) is 28.4. The van der Waals surface area contributed by atoms with Crippen molar-refractivity contribution in [3.05, 3.63) is 91.5 Å². The molecule has 7 heteroatoms. The summed E-state index contributed by atoms with van der Waals surface area (Å²) in [6.07, 6.45) is 0.156. The highest BCUT2D eigenvalue weighted by Crippen LogP contribution is 2.24. The van der Waals surface area contributed by atoms with Gasteiger partial charge < -0.3 is 10.2 Å². The molecule has 0 aliphatic heterocycles. The number of hydrogen-bond acceptors (Lipinski definition) is 3. The zero-order valence-electron chi connectivity index (χ0n) is 15.8. The molecule has 3 rings (SSSR count). The fourth-order valence-electron chi connectivity index (χ4n) is 2.91. The zero-order chi connectivity index (χ0) is 20.8. The summed E-state index contributed by atoms with van der Waals surface area (Å²) in [5.74, 6) is -0.357. The standard InChI is InChI=1S/C22H20BrClN2O2S/c1-26(14-16-11-12-20(23)29-16)21(27)13-19(15-7-3-2-4-8-15)25-22(28)17-9-5-6-10-18(17)24/h2-12,19H,13-14H2,1H3,(H,25,28). The lowest BCUT2D eigenvalue weighted by atomic mass is 10.0. The molecule has 1 atom stereocenters. The van der Waals surface area contributed by atoms with Crippen LogP contribution in [0.3, 0.4) is 0 Å². The molecule has 0 spiro atoms. The molecule has 2 amide bonds. The predicted molar refractivity (Wildman–Crippen MR) is 121 cm³/mol. The summed E-state index contributed by atoms with van der Waals surface area (Å²) < 4.78 is 1.03. The van der Waals surface area contributed by atoms with Gasteiger partial charge in [-0.1, -0.05) is 54.1 Å². The van der Waals surface area contributed by atoms with E-state index in [2.05, 4.69) is 21.2 Å². The van der Waals surface area contributed by atoms with Crippen LogP contribution >= 0.6 is 38.9 Å². The van der Waals surface area contributed by atoms with Crippen molar-refractivity contribution in [1.82, 2.24) is 10.2 Å². The van der Waals surface area contributed by atoms with Crippen molar-refractivity contribution in [2.75, 3.05) is 7.05 Å². The molecule has 29 heavy (non-hydrogen) atoms. The SMILES string of the molecule is CN(Cc1ccc(Br)s1)C(=O)CC(NC(=O)c1ccccc1Cl)c1ccccc1. The van der Waals surface area contributed by atoms with Crippen molar-refractivity contribution in [3.63, 3.8) is 0 Å². The molecule has 0 saturated heterocycles. The molecule has 1 unspecified atom stereocenters. The van der Waals surface area contributed by atoms with Gasteiger partial charge in [-0.15, -0.1) is 11.3 Å². The van der Waals surface area contributed by atoms with E-state index in [0.717, 1.165) is 14.2 Å². The van der Waals surface area contributed by atoms with Crippen LogP contribution in [0.15, 0.2) is 70.5 Å². The van der Waals surface area contributed by atoms with Gasteiger partial charge in [0, 0.05) is 11.9 Å². The number of carbonyl (C=O) groups excluding carboxylic acids is 2. The molecule has 3 aromatic rings. The van der Waals surface area contributed by atoms with Crippen molar-refractivity contribution >= 4 is 50.7 Å². The Bertz CT molecular complexity index is 993. The molecule has 0 aliphatic rings. The van der Waals surface area contributed by atoms with Crippen molar-refractivity contribution in [1.29, 1.82) is 0 Å². The number of thiophene rings is 1. The molecule has 4 nitrogen and oxygen atoms in total. The summed E-state index contributed by atoms with van der Waals surface area (Å²) in [5, 5.41) is 3.35. The molecular formula is C22H20BrClN2O2S. The first-order chi connectivity index (χ1) is 13.9. The Morgan fingerprint density at radius 3 is 2.41 bits per heavy atom. The Morgan fingerprint density at radius 2 is 1.76 bits per heavy atom. The van der Waals surface area contributed by atoms with Gasteiger partial charge in [-0.2, -0.15) is 0 Å². The van der Waals surface area contributed by atoms with Crippen molar-refractivity contribution in [2.24, 2.45) is 0 Å². The summed E-state index contributed by atoms with van der Waals surface area (Å²) in [5.41, 5.74) is 1.26. The topological polar surface area (TPSA) is 49.4 Å². The minimum absolute atomic E-state index is 0.0529. The molecule has 0 saturated carbocycles. The summed E-state index contributed by atoms with van der Waals surface area (Å²) in [6, 6.07) is 19.9. The molecule has 0 radical (unpaired) electrons. The van der Waals surface area contributed by atoms with Gasteiger partial charge in [0.2, 0.25) is 5.91 Å². The monoisotopic (exact) mass is 490 g/mol. The lowest BCUT2D eigenvalue weighted by Gasteiger charge is -2.23. The normalized spacial score (nSPS) is 11.7. The molecule has 1 aromatic heterocycles. The molecule has 1 N–H and O–H groups in total. The van der Waals surface area contributed by atoms with Crippen LogP contribution in [0, 0.1) is 0 Å². The zero-order valence-corrected chi connectivity index (χ0v) is 18.9. The van der Waals surface area contributed by atoms with Gasteiger partial charge in [-0.05, 0) is 45.8 Å². The second-order valence-corrected chi connectivity index (χ2v) is 9.53. The van der Waals surface area contributed by atoms with Crippen LogP contribution in [0.2, 0.25) is 5.02 Å². The Labute approximate surface area is 187 Å². The third kappa shape index (κ3) is 5.92. The van der Waals surface area contributed by atoms with Gasteiger partial charge in [-0.25, -0.2) is 0 Å². The highest BCUT2D eigenvalue weighted by Gasteiger charge is 2.22. The van der Waals surface area contributed by atoms with Gasteiger partial charge in [0.15, 0.2) is 0 Å². The van der Waals surface area contributed by atoms with Gasteiger partial charge in [0.05, 0.1) is 33.4 Å². The fourth-order valence-corrected chi connectivity index (χ4v) is 4.67. The average molecular weight is 492 g/mol. The fraction of sp³-hybridized carbons (Fsp3) is 0.182. The maximum atomic E-state index is 12.9. The average Bonchev–Trinajstić information content (AvgIpc) is 3.12. The Morgan fingerprint density at radius 1 is 1.07 bits per heavy atom. The number of benzene rings is 2. The molecule has 1 heterocycles. The highest BCUT2D eigenvalue weighted by atomic mass is 79.9. The third-order valence-corrected chi connectivity index (χ3v) is 6.39. The summed E-state index contributed by atoms with van der Waals surface area (Å²) in [6.45, 7) is 0.523. The third-order valence-electron chi connectivity index (χ3n) is 4.45. The van der Waals surface area contributed by atoms with E-state index in [4.69, 9.17) is 11.6 Å². The Kier molecular flexibility index (Phi) is 7.47. The van der Waals surface area contributed by atoms with Crippen molar-refractivity contribution < 1.29 is 9.59 Å². The Hall–Kier alpha value is -2.15. The number of halogens is 2. The van der Waals surface area contributed by atoms with Crippen LogP contribution in [-0.4, -0.2) is 23.8 Å². The minimum atomic E-state index is -0.454. The second kappa shape index (κ2) is 10.1. The van der Waals surface area contributed by atoms with Crippen molar-refractivity contribution in [2.45, 2.75) is 19.0 Å². The number of nitrogens with zero attached hydrogens (tertiary/aromatic N) is 1. The minimum Gasteiger partial charge on any atom is -0.345 e. The number of amides is 2. The Balaban J connectivity index is 1.74. The summed E-state index contributed by atoms with van der Waals surface area (Å²) >= 11 is 11.2. The molecule has 2 aromatic carbocycles. The van der Waals surface area contributed by atoms with Gasteiger partial charge >= 0.3 is 0 Å². The van der Waals surface area contributed by atoms with E-state index >= 15 is 0 Å². The quantitative estimate of drug-likeness (QED) is 0.462. The highest BCUT2D eigenvalue weighted by molar-refractivity contribution is 9.11. The van der Waals surface area contributed by atoms with E-state index in [1.165, 1.54) is 0 Å². The van der Waals surface area contributed by atoms with Crippen molar-refractivity contribution in [3.8, 4) is 0 Å². The summed E-state index contributed by atoms with van der Waals surface area (Å²) in [7, 11) is 1.77.